The monoisotopic (exact) mass is 406 g/mol. The number of allylic oxidation sites excluding steroid dienone is 1. The molecule has 3 aromatic carbocycles. The highest BCUT2D eigenvalue weighted by Crippen LogP contribution is 2.34. The molecule has 0 fully saturated rings. The summed E-state index contributed by atoms with van der Waals surface area (Å²) >= 11 is 3.40. The Kier molecular flexibility index (Phi) is 6.68. The minimum Gasteiger partial charge on any atom is -0.493 e. The van der Waals surface area contributed by atoms with Gasteiger partial charge in [-0.05, 0) is 46.4 Å². The molecule has 0 bridgehead atoms. The second-order valence-electron chi connectivity index (χ2n) is 6.00. The predicted molar refractivity (Wildman–Crippen MR) is 115 cm³/mol. The molecule has 0 aliphatic heterocycles. The van der Waals surface area contributed by atoms with Crippen LogP contribution >= 0.6 is 15.9 Å². The maximum atomic E-state index is 5.70. The topological polar surface area (TPSA) is 9.23 Å². The maximum Gasteiger partial charge on any atom is 0.119 e. The number of halogens is 1. The summed E-state index contributed by atoms with van der Waals surface area (Å²) in [5.41, 5.74) is 6.36. The van der Waals surface area contributed by atoms with Crippen molar-refractivity contribution in [1.82, 2.24) is 0 Å². The van der Waals surface area contributed by atoms with E-state index < -0.39 is 0 Å². The number of rotatable bonds is 7. The zero-order valence-corrected chi connectivity index (χ0v) is 16.6. The number of hydrogen-bond donors (Lipinski definition) is 0. The van der Waals surface area contributed by atoms with Crippen LogP contribution in [0.15, 0.2) is 84.9 Å². The van der Waals surface area contributed by atoms with Gasteiger partial charge in [0.25, 0.3) is 0 Å². The normalized spacial score (nSPS) is 11.8. The van der Waals surface area contributed by atoms with E-state index in [0.717, 1.165) is 17.5 Å². The van der Waals surface area contributed by atoms with E-state index in [2.05, 4.69) is 108 Å². The summed E-state index contributed by atoms with van der Waals surface area (Å²) in [5.74, 6) is 0.901. The molecule has 0 radical (unpaired) electrons. The average Bonchev–Trinajstić information content (AvgIpc) is 2.72. The van der Waals surface area contributed by atoms with E-state index in [1.165, 1.54) is 27.8 Å². The Morgan fingerprint density at radius 2 is 1.27 bits per heavy atom. The third kappa shape index (κ3) is 4.44. The number of hydrogen-bond acceptors (Lipinski definition) is 1. The van der Waals surface area contributed by atoms with Gasteiger partial charge in [0.05, 0.1) is 6.61 Å². The molecule has 2 heteroatoms. The van der Waals surface area contributed by atoms with Crippen molar-refractivity contribution in [3.05, 3.63) is 102 Å². The largest absolute Gasteiger partial charge is 0.493 e. The zero-order valence-electron chi connectivity index (χ0n) is 15.0. The molecule has 0 atom stereocenters. The van der Waals surface area contributed by atoms with Crippen molar-refractivity contribution >= 4 is 27.1 Å². The summed E-state index contributed by atoms with van der Waals surface area (Å²) in [6.45, 7) is 2.89. The highest BCUT2D eigenvalue weighted by atomic mass is 79.9. The van der Waals surface area contributed by atoms with Crippen molar-refractivity contribution in [3.8, 4) is 5.75 Å². The fourth-order valence-electron chi connectivity index (χ4n) is 3.16. The predicted octanol–water partition coefficient (Wildman–Crippen LogP) is 6.83. The Balaban J connectivity index is 2.11. The molecule has 26 heavy (non-hydrogen) atoms. The summed E-state index contributed by atoms with van der Waals surface area (Å²) in [6.07, 6.45) is 0.968. The quantitative estimate of drug-likeness (QED) is 0.308. The summed E-state index contributed by atoms with van der Waals surface area (Å²) in [5, 5.41) is 0.831. The van der Waals surface area contributed by atoms with Crippen LogP contribution in [0, 0.1) is 0 Å². The summed E-state index contributed by atoms with van der Waals surface area (Å²) < 4.78 is 5.70. The third-order valence-electron chi connectivity index (χ3n) is 4.33. The second kappa shape index (κ2) is 9.40. The average molecular weight is 407 g/mol. The molecule has 3 rings (SSSR count). The third-order valence-corrected chi connectivity index (χ3v) is 4.65. The first-order valence-electron chi connectivity index (χ1n) is 8.96. The Morgan fingerprint density at radius 1 is 0.731 bits per heavy atom. The van der Waals surface area contributed by atoms with Crippen molar-refractivity contribution < 1.29 is 4.74 Å². The molecule has 132 valence electrons. The minimum atomic E-state index is 0.672. The van der Waals surface area contributed by atoms with Gasteiger partial charge in [-0.15, -0.1) is 0 Å². The van der Waals surface area contributed by atoms with E-state index in [1.54, 1.807) is 0 Å². The zero-order chi connectivity index (χ0) is 18.2. The molecule has 0 saturated carbocycles. The smallest absolute Gasteiger partial charge is 0.119 e. The lowest BCUT2D eigenvalue weighted by atomic mass is 9.88. The van der Waals surface area contributed by atoms with E-state index >= 15 is 0 Å². The van der Waals surface area contributed by atoms with Gasteiger partial charge < -0.3 is 4.74 Å². The standard InChI is InChI=1S/C24H23BrO/c1-2-23(19-9-5-3-6-10-19)24(20-11-7-4-8-12-20)21-13-15-22(16-14-21)26-18-17-25/h3-16H,2,17-18H2,1H3. The number of ether oxygens (including phenoxy) is 1. The van der Waals surface area contributed by atoms with Gasteiger partial charge in [0, 0.05) is 5.33 Å². The van der Waals surface area contributed by atoms with E-state index in [0.29, 0.717) is 6.61 Å². The molecule has 0 unspecified atom stereocenters. The molecule has 0 heterocycles. The van der Waals surface area contributed by atoms with Crippen LogP contribution in [0.25, 0.3) is 11.1 Å². The molecular formula is C24H23BrO. The SMILES string of the molecule is CCC(=C(c1ccccc1)c1ccc(OCCBr)cc1)c1ccccc1. The molecule has 0 amide bonds. The highest BCUT2D eigenvalue weighted by Gasteiger charge is 2.12. The maximum absolute atomic E-state index is 5.70. The first-order valence-corrected chi connectivity index (χ1v) is 10.1. The molecule has 0 aliphatic carbocycles. The van der Waals surface area contributed by atoms with Gasteiger partial charge in [0.1, 0.15) is 5.75 Å². The molecule has 0 spiro atoms. The van der Waals surface area contributed by atoms with Crippen molar-refractivity contribution in [3.63, 3.8) is 0 Å². The van der Waals surface area contributed by atoms with Crippen LogP contribution in [0.5, 0.6) is 5.75 Å². The second-order valence-corrected chi connectivity index (χ2v) is 6.79. The molecule has 0 saturated heterocycles. The summed E-state index contributed by atoms with van der Waals surface area (Å²) in [4.78, 5) is 0. The van der Waals surface area contributed by atoms with Gasteiger partial charge in [-0.1, -0.05) is 95.7 Å². The van der Waals surface area contributed by atoms with Gasteiger partial charge in [-0.3, -0.25) is 0 Å². The number of benzene rings is 3. The first-order chi connectivity index (χ1) is 12.8. The van der Waals surface area contributed by atoms with Crippen LogP contribution in [0.4, 0.5) is 0 Å². The fraction of sp³-hybridized carbons (Fsp3) is 0.167. The molecule has 0 aromatic heterocycles. The van der Waals surface area contributed by atoms with Crippen LogP contribution in [-0.2, 0) is 0 Å². The minimum absolute atomic E-state index is 0.672. The molecule has 0 aliphatic rings. The van der Waals surface area contributed by atoms with E-state index in [4.69, 9.17) is 4.74 Å². The Morgan fingerprint density at radius 3 is 1.81 bits per heavy atom. The lowest BCUT2D eigenvalue weighted by Gasteiger charge is -2.16. The molecule has 1 nitrogen and oxygen atoms in total. The van der Waals surface area contributed by atoms with Gasteiger partial charge in [0.2, 0.25) is 0 Å². The lowest BCUT2D eigenvalue weighted by molar-refractivity contribution is 0.345. The first kappa shape index (κ1) is 18.5. The van der Waals surface area contributed by atoms with Crippen molar-refractivity contribution in [2.24, 2.45) is 0 Å². The number of alkyl halides is 1. The Bertz CT molecular complexity index is 836. The van der Waals surface area contributed by atoms with Crippen molar-refractivity contribution in [2.75, 3.05) is 11.9 Å². The van der Waals surface area contributed by atoms with E-state index in [-0.39, 0.29) is 0 Å². The lowest BCUT2D eigenvalue weighted by Crippen LogP contribution is -1.98. The van der Waals surface area contributed by atoms with Crippen molar-refractivity contribution in [2.45, 2.75) is 13.3 Å². The van der Waals surface area contributed by atoms with Crippen LogP contribution in [0.3, 0.4) is 0 Å². The van der Waals surface area contributed by atoms with Gasteiger partial charge in [0.15, 0.2) is 0 Å². The molecule has 3 aromatic rings. The van der Waals surface area contributed by atoms with E-state index in [1.807, 2.05) is 0 Å². The summed E-state index contributed by atoms with van der Waals surface area (Å²) in [7, 11) is 0. The van der Waals surface area contributed by atoms with Crippen LogP contribution < -0.4 is 4.74 Å². The molecule has 0 N–H and O–H groups in total. The van der Waals surface area contributed by atoms with Crippen LogP contribution in [0.2, 0.25) is 0 Å². The Hall–Kier alpha value is -2.32. The van der Waals surface area contributed by atoms with Crippen LogP contribution in [0.1, 0.15) is 30.0 Å². The Labute approximate surface area is 164 Å². The van der Waals surface area contributed by atoms with Gasteiger partial charge in [-0.2, -0.15) is 0 Å². The summed E-state index contributed by atoms with van der Waals surface area (Å²) in [6, 6.07) is 29.7. The highest BCUT2D eigenvalue weighted by molar-refractivity contribution is 9.09. The molecular weight excluding hydrogens is 384 g/mol. The van der Waals surface area contributed by atoms with Gasteiger partial charge >= 0.3 is 0 Å². The fourth-order valence-corrected chi connectivity index (χ4v) is 3.32. The van der Waals surface area contributed by atoms with Crippen molar-refractivity contribution in [1.29, 1.82) is 0 Å². The van der Waals surface area contributed by atoms with Crippen LogP contribution in [-0.4, -0.2) is 11.9 Å². The van der Waals surface area contributed by atoms with E-state index in [9.17, 15) is 0 Å². The van der Waals surface area contributed by atoms with Gasteiger partial charge in [-0.25, -0.2) is 0 Å².